The Bertz CT molecular complexity index is 1030. The lowest BCUT2D eigenvalue weighted by Crippen LogP contribution is -2.30. The summed E-state index contributed by atoms with van der Waals surface area (Å²) in [6, 6.07) is 11.4. The lowest BCUT2D eigenvalue weighted by Gasteiger charge is -2.25. The second kappa shape index (κ2) is 11.2. The largest absolute Gasteiger partial charge is 0.507 e. The van der Waals surface area contributed by atoms with Gasteiger partial charge in [-0.3, -0.25) is 9.59 Å². The maximum atomic E-state index is 13.0. The molecule has 2 aromatic rings. The van der Waals surface area contributed by atoms with Gasteiger partial charge in [-0.05, 0) is 48.7 Å². The zero-order valence-corrected chi connectivity index (χ0v) is 20.0. The van der Waals surface area contributed by atoms with Gasteiger partial charge in [-0.15, -0.1) is 0 Å². The van der Waals surface area contributed by atoms with E-state index in [-0.39, 0.29) is 11.3 Å². The third kappa shape index (κ3) is 5.33. The average molecular weight is 472 g/mol. The highest BCUT2D eigenvalue weighted by Gasteiger charge is 2.45. The Morgan fingerprint density at radius 1 is 1.06 bits per heavy atom. The van der Waals surface area contributed by atoms with Gasteiger partial charge >= 0.3 is 0 Å². The van der Waals surface area contributed by atoms with E-state index in [0.29, 0.717) is 35.9 Å². The molecule has 1 N–H and O–H groups in total. The fourth-order valence-electron chi connectivity index (χ4n) is 3.96. The minimum absolute atomic E-state index is 0.0475. The molecule has 0 bridgehead atoms. The van der Waals surface area contributed by atoms with Gasteiger partial charge in [0.2, 0.25) is 0 Å². The zero-order chi connectivity index (χ0) is 24.0. The second-order valence-corrected chi connectivity index (χ2v) is 8.37. The summed E-state index contributed by atoms with van der Waals surface area (Å²) in [5.41, 5.74) is 1.12. The van der Waals surface area contributed by atoms with E-state index in [0.717, 1.165) is 30.6 Å². The number of amides is 1. The molecule has 1 fully saturated rings. The molecule has 0 aliphatic carbocycles. The lowest BCUT2D eigenvalue weighted by atomic mass is 9.95. The van der Waals surface area contributed by atoms with E-state index < -0.39 is 17.7 Å². The van der Waals surface area contributed by atoms with Crippen molar-refractivity contribution in [1.82, 2.24) is 4.90 Å². The molecule has 0 radical (unpaired) electrons. The van der Waals surface area contributed by atoms with Crippen molar-refractivity contribution in [1.29, 1.82) is 0 Å². The number of unbranched alkanes of at least 4 members (excludes halogenated alkanes) is 2. The number of nitrogens with zero attached hydrogens (tertiary/aromatic N) is 1. The van der Waals surface area contributed by atoms with E-state index in [1.165, 1.54) is 18.1 Å². The highest BCUT2D eigenvalue weighted by atomic mass is 35.5. The predicted molar refractivity (Wildman–Crippen MR) is 129 cm³/mol. The summed E-state index contributed by atoms with van der Waals surface area (Å²) < 4.78 is 11.0. The van der Waals surface area contributed by atoms with Crippen LogP contribution >= 0.6 is 11.6 Å². The Morgan fingerprint density at radius 2 is 1.79 bits per heavy atom. The summed E-state index contributed by atoms with van der Waals surface area (Å²) in [7, 11) is 1.49. The van der Waals surface area contributed by atoms with Gasteiger partial charge in [0.25, 0.3) is 11.7 Å². The Balaban J connectivity index is 1.99. The number of halogens is 1. The first-order valence-electron chi connectivity index (χ1n) is 11.3. The summed E-state index contributed by atoms with van der Waals surface area (Å²) >= 11 is 6.22. The van der Waals surface area contributed by atoms with Crippen LogP contribution in [0.4, 0.5) is 0 Å². The number of rotatable bonds is 10. The fourth-order valence-corrected chi connectivity index (χ4v) is 4.21. The number of ketones is 1. The molecule has 1 saturated heterocycles. The molecule has 1 unspecified atom stereocenters. The first-order valence-corrected chi connectivity index (χ1v) is 11.7. The van der Waals surface area contributed by atoms with E-state index in [1.54, 1.807) is 12.1 Å². The molecule has 176 valence electrons. The molecular weight excluding hydrogens is 442 g/mol. The van der Waals surface area contributed by atoms with Crippen molar-refractivity contribution in [3.63, 3.8) is 0 Å². The van der Waals surface area contributed by atoms with Gasteiger partial charge in [0, 0.05) is 12.1 Å². The Morgan fingerprint density at radius 3 is 2.39 bits per heavy atom. The van der Waals surface area contributed by atoms with E-state index in [1.807, 2.05) is 31.2 Å². The van der Waals surface area contributed by atoms with Crippen molar-refractivity contribution in [2.75, 3.05) is 20.3 Å². The molecule has 0 saturated carbocycles. The second-order valence-electron chi connectivity index (χ2n) is 7.97. The van der Waals surface area contributed by atoms with Crippen molar-refractivity contribution in [2.24, 2.45) is 0 Å². The molecule has 1 aliphatic heterocycles. The number of ether oxygens (including phenoxy) is 2. The average Bonchev–Trinajstić information content (AvgIpc) is 3.07. The minimum Gasteiger partial charge on any atom is -0.507 e. The molecule has 33 heavy (non-hydrogen) atoms. The van der Waals surface area contributed by atoms with Crippen LogP contribution in [0.25, 0.3) is 5.76 Å². The molecule has 0 aromatic heterocycles. The van der Waals surface area contributed by atoms with E-state index in [4.69, 9.17) is 21.1 Å². The molecule has 1 amide bonds. The number of Topliss-reactive ketones (excluding diaryl/α,β-unsaturated/α-hetero) is 1. The highest BCUT2D eigenvalue weighted by Crippen LogP contribution is 2.40. The number of carbonyl (C=O) groups is 2. The first kappa shape index (κ1) is 24.6. The Labute approximate surface area is 199 Å². The van der Waals surface area contributed by atoms with Crippen LogP contribution in [0.3, 0.4) is 0 Å². The third-order valence-electron chi connectivity index (χ3n) is 5.64. The number of aliphatic hydroxyl groups excluding tert-OH is 1. The summed E-state index contributed by atoms with van der Waals surface area (Å²) in [4.78, 5) is 27.3. The van der Waals surface area contributed by atoms with Crippen molar-refractivity contribution in [3.8, 4) is 11.5 Å². The van der Waals surface area contributed by atoms with Gasteiger partial charge in [-0.2, -0.15) is 0 Å². The standard InChI is InChI=1S/C26H30ClNO5/c1-4-6-7-15-33-19-11-8-17(9-12-19)23-22(25(30)26(31)28(23)14-5-2)24(29)18-10-13-21(32-3)20(27)16-18/h8-13,16,23,29H,4-7,14-15H2,1-3H3/b24-22-. The molecule has 1 heterocycles. The lowest BCUT2D eigenvalue weighted by molar-refractivity contribution is -0.139. The van der Waals surface area contributed by atoms with Crippen molar-refractivity contribution < 1.29 is 24.2 Å². The number of likely N-dealkylation sites (tertiary alicyclic amines) is 1. The summed E-state index contributed by atoms with van der Waals surface area (Å²) in [6.07, 6.45) is 3.90. The number of aliphatic hydroxyl groups is 1. The molecule has 7 heteroatoms. The summed E-state index contributed by atoms with van der Waals surface area (Å²) in [6.45, 7) is 5.11. The van der Waals surface area contributed by atoms with E-state index in [9.17, 15) is 14.7 Å². The predicted octanol–water partition coefficient (Wildman–Crippen LogP) is 5.75. The zero-order valence-electron chi connectivity index (χ0n) is 19.3. The van der Waals surface area contributed by atoms with Gasteiger partial charge < -0.3 is 19.5 Å². The van der Waals surface area contributed by atoms with E-state index in [2.05, 4.69) is 6.92 Å². The Hall–Kier alpha value is -2.99. The van der Waals surface area contributed by atoms with Gasteiger partial charge in [0.05, 0.1) is 30.4 Å². The SMILES string of the molecule is CCCCCOc1ccc(C2/C(=C(/O)c3ccc(OC)c(Cl)c3)C(=O)C(=O)N2CCC)cc1. The van der Waals surface area contributed by atoms with Crippen LogP contribution in [0.2, 0.25) is 5.02 Å². The van der Waals surface area contributed by atoms with Crippen molar-refractivity contribution >= 4 is 29.1 Å². The molecule has 1 aliphatic rings. The number of benzene rings is 2. The van der Waals surface area contributed by atoms with Gasteiger partial charge in [-0.1, -0.05) is 50.4 Å². The highest BCUT2D eigenvalue weighted by molar-refractivity contribution is 6.46. The molecular formula is C26H30ClNO5. The summed E-state index contributed by atoms with van der Waals surface area (Å²) in [5.74, 6) is -0.419. The maximum Gasteiger partial charge on any atom is 0.295 e. The first-order chi connectivity index (χ1) is 15.9. The smallest absolute Gasteiger partial charge is 0.295 e. The number of hydrogen-bond acceptors (Lipinski definition) is 5. The third-order valence-corrected chi connectivity index (χ3v) is 5.94. The van der Waals surface area contributed by atoms with Crippen LogP contribution in [0.1, 0.15) is 56.7 Å². The topological polar surface area (TPSA) is 76.1 Å². The quantitative estimate of drug-likeness (QED) is 0.206. The fraction of sp³-hybridized carbons (Fsp3) is 0.385. The number of carbonyl (C=O) groups excluding carboxylic acids is 2. The van der Waals surface area contributed by atoms with Crippen LogP contribution in [0.15, 0.2) is 48.0 Å². The van der Waals surface area contributed by atoms with Crippen LogP contribution in [0.5, 0.6) is 11.5 Å². The molecule has 0 spiro atoms. The van der Waals surface area contributed by atoms with Crippen molar-refractivity contribution in [2.45, 2.75) is 45.6 Å². The molecule has 6 nitrogen and oxygen atoms in total. The van der Waals surface area contributed by atoms with E-state index >= 15 is 0 Å². The molecule has 2 aromatic carbocycles. The minimum atomic E-state index is -0.710. The Kier molecular flexibility index (Phi) is 8.39. The monoisotopic (exact) mass is 471 g/mol. The van der Waals surface area contributed by atoms with Crippen LogP contribution in [-0.2, 0) is 9.59 Å². The van der Waals surface area contributed by atoms with Crippen molar-refractivity contribution in [3.05, 3.63) is 64.2 Å². The van der Waals surface area contributed by atoms with Crippen LogP contribution in [-0.4, -0.2) is 42.0 Å². The normalized spacial score (nSPS) is 17.5. The molecule has 3 rings (SSSR count). The number of methoxy groups -OCH3 is 1. The summed E-state index contributed by atoms with van der Waals surface area (Å²) in [5, 5.41) is 11.4. The van der Waals surface area contributed by atoms with Crippen LogP contribution in [0, 0.1) is 0 Å². The maximum absolute atomic E-state index is 13.0. The van der Waals surface area contributed by atoms with Gasteiger partial charge in [0.1, 0.15) is 17.3 Å². The molecule has 1 atom stereocenters. The van der Waals surface area contributed by atoms with Gasteiger partial charge in [-0.25, -0.2) is 0 Å². The van der Waals surface area contributed by atoms with Gasteiger partial charge in [0.15, 0.2) is 0 Å². The van der Waals surface area contributed by atoms with Crippen LogP contribution < -0.4 is 9.47 Å². The number of hydrogen-bond donors (Lipinski definition) is 1.